The van der Waals surface area contributed by atoms with Crippen LogP contribution < -0.4 is 16.1 Å². The number of ether oxygens (including phenoxy) is 1. The van der Waals surface area contributed by atoms with Crippen LogP contribution in [0.25, 0.3) is 10.9 Å². The van der Waals surface area contributed by atoms with Crippen LogP contribution in [-0.2, 0) is 14.3 Å². The van der Waals surface area contributed by atoms with Gasteiger partial charge in [-0.05, 0) is 59.2 Å². The number of pyridine rings is 1. The van der Waals surface area contributed by atoms with Crippen molar-refractivity contribution in [2.75, 3.05) is 0 Å². The molecule has 2 aromatic rings. The fourth-order valence-corrected chi connectivity index (χ4v) is 3.71. The van der Waals surface area contributed by atoms with Crippen molar-refractivity contribution in [1.29, 1.82) is 0 Å². The minimum atomic E-state index is -0.853. The van der Waals surface area contributed by atoms with Crippen LogP contribution in [0.15, 0.2) is 47.1 Å². The van der Waals surface area contributed by atoms with Gasteiger partial charge in [-0.3, -0.25) is 19.6 Å². The average molecular weight is 532 g/mol. The van der Waals surface area contributed by atoms with Crippen molar-refractivity contribution in [3.8, 4) is 0 Å². The maximum Gasteiger partial charge on any atom is 0.408 e. The highest BCUT2D eigenvalue weighted by Crippen LogP contribution is 2.21. The second kappa shape index (κ2) is 10.5. The number of alkyl carbamates (subject to hydrolysis) is 1. The van der Waals surface area contributed by atoms with E-state index >= 15 is 0 Å². The number of halogens is 1. The summed E-state index contributed by atoms with van der Waals surface area (Å²) >= 11 is 3.45. The zero-order valence-corrected chi connectivity index (χ0v) is 21.5. The molecule has 0 unspecified atom stereocenters. The number of benzene rings is 1. The SMILES string of the molecule is C[C@H](NC(=O)OC(C)(C)C)C(=O)N1C=CC[C@@H](C(=O)N[C@H](C)c2ccc3ccc(Br)cc3n2)N1. The molecule has 1 aromatic carbocycles. The molecule has 182 valence electrons. The van der Waals surface area contributed by atoms with Crippen LogP contribution in [0, 0.1) is 0 Å². The van der Waals surface area contributed by atoms with Crippen LogP contribution >= 0.6 is 15.9 Å². The van der Waals surface area contributed by atoms with Gasteiger partial charge in [-0.1, -0.05) is 34.1 Å². The maximum absolute atomic E-state index is 12.9. The lowest BCUT2D eigenvalue weighted by Crippen LogP contribution is -2.57. The minimum absolute atomic E-state index is 0.265. The number of nitrogens with zero attached hydrogens (tertiary/aromatic N) is 2. The molecule has 0 bridgehead atoms. The highest BCUT2D eigenvalue weighted by molar-refractivity contribution is 9.10. The highest BCUT2D eigenvalue weighted by Gasteiger charge is 2.30. The fourth-order valence-electron chi connectivity index (χ4n) is 3.36. The van der Waals surface area contributed by atoms with Gasteiger partial charge in [0.25, 0.3) is 5.91 Å². The second-order valence-electron chi connectivity index (χ2n) is 9.18. The van der Waals surface area contributed by atoms with E-state index in [1.807, 2.05) is 37.3 Å². The average Bonchev–Trinajstić information content (AvgIpc) is 2.76. The van der Waals surface area contributed by atoms with E-state index in [1.54, 1.807) is 40.0 Å². The van der Waals surface area contributed by atoms with Crippen molar-refractivity contribution in [1.82, 2.24) is 26.1 Å². The topological polar surface area (TPSA) is 113 Å². The predicted octanol–water partition coefficient (Wildman–Crippen LogP) is 3.71. The molecule has 2 heterocycles. The van der Waals surface area contributed by atoms with Crippen LogP contribution in [0.3, 0.4) is 0 Å². The number of fused-ring (bicyclic) bond motifs is 1. The first kappa shape index (κ1) is 25.6. The van der Waals surface area contributed by atoms with Crippen molar-refractivity contribution in [3.05, 3.63) is 52.8 Å². The molecule has 1 aliphatic heterocycles. The summed E-state index contributed by atoms with van der Waals surface area (Å²) in [6.07, 6.45) is 3.00. The van der Waals surface area contributed by atoms with Gasteiger partial charge in [0.15, 0.2) is 0 Å². The van der Waals surface area contributed by atoms with E-state index in [0.717, 1.165) is 21.1 Å². The number of rotatable bonds is 5. The van der Waals surface area contributed by atoms with Gasteiger partial charge in [0, 0.05) is 16.1 Å². The van der Waals surface area contributed by atoms with Gasteiger partial charge in [0.2, 0.25) is 5.91 Å². The van der Waals surface area contributed by atoms with Crippen molar-refractivity contribution < 1.29 is 19.1 Å². The van der Waals surface area contributed by atoms with Gasteiger partial charge >= 0.3 is 6.09 Å². The third-order valence-electron chi connectivity index (χ3n) is 5.06. The van der Waals surface area contributed by atoms with E-state index in [1.165, 1.54) is 5.01 Å². The van der Waals surface area contributed by atoms with E-state index in [0.29, 0.717) is 6.42 Å². The first-order chi connectivity index (χ1) is 15.9. The Balaban J connectivity index is 1.59. The Morgan fingerprint density at radius 3 is 2.59 bits per heavy atom. The molecule has 0 saturated carbocycles. The third kappa shape index (κ3) is 6.77. The number of hydrazine groups is 1. The summed E-state index contributed by atoms with van der Waals surface area (Å²) in [6.45, 7) is 8.63. The number of nitrogens with one attached hydrogen (secondary N) is 3. The molecule has 0 radical (unpaired) electrons. The summed E-state index contributed by atoms with van der Waals surface area (Å²) < 4.78 is 6.12. The molecule has 0 saturated heterocycles. The van der Waals surface area contributed by atoms with Crippen LogP contribution in [0.1, 0.15) is 52.8 Å². The maximum atomic E-state index is 12.9. The molecular formula is C24H30BrN5O4. The molecule has 10 heteroatoms. The fraction of sp³-hybridized carbons (Fsp3) is 0.417. The number of carbonyl (C=O) groups is 3. The summed E-state index contributed by atoms with van der Waals surface area (Å²) in [6, 6.07) is 7.87. The second-order valence-corrected chi connectivity index (χ2v) is 10.1. The van der Waals surface area contributed by atoms with Gasteiger partial charge in [0.1, 0.15) is 17.7 Å². The first-order valence-electron chi connectivity index (χ1n) is 11.0. The number of carbonyl (C=O) groups excluding carboxylic acids is 3. The summed E-state index contributed by atoms with van der Waals surface area (Å²) in [5.74, 6) is -0.687. The van der Waals surface area contributed by atoms with E-state index in [2.05, 4.69) is 37.0 Å². The number of amides is 3. The molecule has 3 N–H and O–H groups in total. The zero-order chi connectivity index (χ0) is 25.0. The number of hydrogen-bond donors (Lipinski definition) is 3. The smallest absolute Gasteiger partial charge is 0.408 e. The summed E-state index contributed by atoms with van der Waals surface area (Å²) in [5, 5.41) is 7.69. The molecule has 9 nitrogen and oxygen atoms in total. The van der Waals surface area contributed by atoms with E-state index in [-0.39, 0.29) is 11.9 Å². The standard InChI is InChI=1S/C24H30BrN5O4/c1-14(18-11-9-16-8-10-17(25)13-20(16)28-18)26-21(31)19-7-6-12-30(29-19)22(32)15(2)27-23(33)34-24(3,4)5/h6,8-15,19,29H,7H2,1-5H3,(H,26,31)(H,27,33)/t14-,15+,19+/m1/s1. The molecule has 1 aliphatic rings. The Kier molecular flexibility index (Phi) is 7.93. The monoisotopic (exact) mass is 531 g/mol. The summed E-state index contributed by atoms with van der Waals surface area (Å²) in [5.41, 5.74) is 3.80. The predicted molar refractivity (Wildman–Crippen MR) is 132 cm³/mol. The van der Waals surface area contributed by atoms with Gasteiger partial charge in [0.05, 0.1) is 17.3 Å². The van der Waals surface area contributed by atoms with Crippen LogP contribution in [0.4, 0.5) is 4.79 Å². The zero-order valence-electron chi connectivity index (χ0n) is 19.9. The van der Waals surface area contributed by atoms with Crippen molar-refractivity contribution in [3.63, 3.8) is 0 Å². The Morgan fingerprint density at radius 2 is 1.88 bits per heavy atom. The largest absolute Gasteiger partial charge is 0.444 e. The van der Waals surface area contributed by atoms with Crippen LogP contribution in [0.2, 0.25) is 0 Å². The Labute approximate surface area is 207 Å². The Bertz CT molecular complexity index is 1110. The van der Waals surface area contributed by atoms with E-state index in [4.69, 9.17) is 4.74 Å². The molecule has 0 fully saturated rings. The summed E-state index contributed by atoms with van der Waals surface area (Å²) in [7, 11) is 0. The van der Waals surface area contributed by atoms with Crippen LogP contribution in [0.5, 0.6) is 0 Å². The van der Waals surface area contributed by atoms with Gasteiger partial charge in [-0.25, -0.2) is 10.2 Å². The van der Waals surface area contributed by atoms with E-state index in [9.17, 15) is 14.4 Å². The number of aromatic nitrogens is 1. The van der Waals surface area contributed by atoms with Crippen LogP contribution in [-0.4, -0.2) is 45.6 Å². The molecule has 0 aliphatic carbocycles. The molecular weight excluding hydrogens is 502 g/mol. The van der Waals surface area contributed by atoms with Gasteiger partial charge in [-0.2, -0.15) is 0 Å². The normalized spacial score (nSPS) is 17.7. The Hall–Kier alpha value is -2.98. The Morgan fingerprint density at radius 1 is 1.18 bits per heavy atom. The van der Waals surface area contributed by atoms with Gasteiger partial charge in [-0.15, -0.1) is 0 Å². The quantitative estimate of drug-likeness (QED) is 0.542. The lowest BCUT2D eigenvalue weighted by atomic mass is 10.1. The number of hydrogen-bond acceptors (Lipinski definition) is 6. The third-order valence-corrected chi connectivity index (χ3v) is 5.55. The van der Waals surface area contributed by atoms with Crippen molar-refractivity contribution in [2.45, 2.75) is 64.8 Å². The summed E-state index contributed by atoms with van der Waals surface area (Å²) in [4.78, 5) is 42.3. The molecule has 0 spiro atoms. The molecule has 1 aromatic heterocycles. The van der Waals surface area contributed by atoms with Gasteiger partial charge < -0.3 is 15.4 Å². The van der Waals surface area contributed by atoms with E-state index < -0.39 is 29.7 Å². The molecule has 3 rings (SSSR count). The minimum Gasteiger partial charge on any atom is -0.444 e. The molecule has 3 atom stereocenters. The first-order valence-corrected chi connectivity index (χ1v) is 11.8. The lowest BCUT2D eigenvalue weighted by molar-refractivity contribution is -0.136. The lowest BCUT2D eigenvalue weighted by Gasteiger charge is -2.31. The molecule has 34 heavy (non-hydrogen) atoms. The van der Waals surface area contributed by atoms with Crippen molar-refractivity contribution >= 4 is 44.7 Å². The van der Waals surface area contributed by atoms with Crippen molar-refractivity contribution in [2.24, 2.45) is 0 Å². The molecule has 3 amide bonds. The highest BCUT2D eigenvalue weighted by atomic mass is 79.9.